The Morgan fingerprint density at radius 1 is 1.06 bits per heavy atom. The summed E-state index contributed by atoms with van der Waals surface area (Å²) in [4.78, 5) is 13.2. The third kappa shape index (κ3) is 3.09. The Morgan fingerprint density at radius 3 is 2.29 bits per heavy atom. The van der Waals surface area contributed by atoms with Crippen LogP contribution < -0.4 is 4.90 Å². The van der Waals surface area contributed by atoms with Crippen LogP contribution in [-0.2, 0) is 0 Å². The molecule has 1 heterocycles. The van der Waals surface area contributed by atoms with Gasteiger partial charge >= 0.3 is 0 Å². The smallest absolute Gasteiger partial charge is 0.150 e. The number of anilines is 1. The van der Waals surface area contributed by atoms with E-state index in [-0.39, 0.29) is 0 Å². The van der Waals surface area contributed by atoms with Gasteiger partial charge in [0, 0.05) is 24.3 Å². The van der Waals surface area contributed by atoms with Crippen LogP contribution >= 0.6 is 0 Å². The Morgan fingerprint density at radius 2 is 1.71 bits per heavy atom. The van der Waals surface area contributed by atoms with Crippen LogP contribution in [-0.4, -0.2) is 19.4 Å². The van der Waals surface area contributed by atoms with Gasteiger partial charge in [-0.3, -0.25) is 4.79 Å². The van der Waals surface area contributed by atoms with Gasteiger partial charge in [-0.05, 0) is 43.5 Å². The molecular weight excluding hydrogens is 210 g/mol. The maximum absolute atomic E-state index is 10.7. The van der Waals surface area contributed by atoms with Gasteiger partial charge in [-0.1, -0.05) is 19.3 Å². The molecule has 2 nitrogen and oxygen atoms in total. The zero-order valence-electron chi connectivity index (χ0n) is 10.6. The van der Waals surface area contributed by atoms with E-state index in [0.29, 0.717) is 0 Å². The molecule has 0 radical (unpaired) electrons. The number of benzene rings is 1. The minimum Gasteiger partial charge on any atom is -0.371 e. The fourth-order valence-corrected chi connectivity index (χ4v) is 2.60. The number of aldehydes is 1. The Bertz CT molecular complexity index is 379. The molecular formula is C15H21NO. The summed E-state index contributed by atoms with van der Waals surface area (Å²) in [6.07, 6.45) is 7.58. The molecule has 0 unspecified atom stereocenters. The number of rotatable bonds is 2. The van der Waals surface area contributed by atoms with E-state index in [1.807, 2.05) is 12.1 Å². The van der Waals surface area contributed by atoms with E-state index in [9.17, 15) is 4.79 Å². The minimum absolute atomic E-state index is 0.776. The van der Waals surface area contributed by atoms with E-state index in [4.69, 9.17) is 0 Å². The molecule has 0 N–H and O–H groups in total. The van der Waals surface area contributed by atoms with Gasteiger partial charge in [0.1, 0.15) is 6.29 Å². The molecule has 1 aromatic rings. The van der Waals surface area contributed by atoms with Crippen molar-refractivity contribution in [1.29, 1.82) is 0 Å². The van der Waals surface area contributed by atoms with Crippen molar-refractivity contribution in [1.82, 2.24) is 0 Å². The van der Waals surface area contributed by atoms with Gasteiger partial charge < -0.3 is 4.90 Å². The quantitative estimate of drug-likeness (QED) is 0.725. The number of carbonyl (C=O) groups excluding carboxylic acids is 1. The van der Waals surface area contributed by atoms with Crippen molar-refractivity contribution < 1.29 is 4.79 Å². The first-order chi connectivity index (χ1) is 8.31. The van der Waals surface area contributed by atoms with Gasteiger partial charge in [0.05, 0.1) is 0 Å². The van der Waals surface area contributed by atoms with Crippen molar-refractivity contribution in [2.24, 2.45) is 0 Å². The molecule has 2 rings (SSSR count). The normalized spacial score (nSPS) is 17.4. The van der Waals surface area contributed by atoms with Gasteiger partial charge in [0.25, 0.3) is 0 Å². The number of aryl methyl sites for hydroxylation is 1. The van der Waals surface area contributed by atoms with Gasteiger partial charge in [0.15, 0.2) is 0 Å². The molecule has 1 aliphatic heterocycles. The SMILES string of the molecule is Cc1cc(C=O)ccc1N1CCCCCCC1. The van der Waals surface area contributed by atoms with Gasteiger partial charge in [-0.25, -0.2) is 0 Å². The summed E-state index contributed by atoms with van der Waals surface area (Å²) >= 11 is 0. The first-order valence-corrected chi connectivity index (χ1v) is 6.62. The lowest BCUT2D eigenvalue weighted by molar-refractivity contribution is 0.112. The summed E-state index contributed by atoms with van der Waals surface area (Å²) in [6.45, 7) is 4.41. The van der Waals surface area contributed by atoms with Crippen LogP contribution in [0.2, 0.25) is 0 Å². The predicted octanol–water partition coefficient (Wildman–Crippen LogP) is 3.58. The summed E-state index contributed by atoms with van der Waals surface area (Å²) in [5, 5.41) is 0. The molecule has 92 valence electrons. The molecule has 0 saturated carbocycles. The van der Waals surface area contributed by atoms with Gasteiger partial charge in [0.2, 0.25) is 0 Å². The zero-order chi connectivity index (χ0) is 12.1. The predicted molar refractivity (Wildman–Crippen MR) is 71.9 cm³/mol. The highest BCUT2D eigenvalue weighted by Gasteiger charge is 2.11. The maximum atomic E-state index is 10.7. The first-order valence-electron chi connectivity index (χ1n) is 6.62. The summed E-state index contributed by atoms with van der Waals surface area (Å²) in [5.74, 6) is 0. The van der Waals surface area contributed by atoms with Crippen LogP contribution in [0.15, 0.2) is 18.2 Å². The third-order valence-electron chi connectivity index (χ3n) is 3.55. The van der Waals surface area contributed by atoms with E-state index in [1.165, 1.54) is 43.4 Å². The van der Waals surface area contributed by atoms with Gasteiger partial charge in [-0.15, -0.1) is 0 Å². The van der Waals surface area contributed by atoms with E-state index in [0.717, 1.165) is 24.9 Å². The van der Waals surface area contributed by atoms with E-state index in [2.05, 4.69) is 17.9 Å². The number of hydrogen-bond acceptors (Lipinski definition) is 2. The standard InChI is InChI=1S/C15H21NO/c1-13-11-14(12-17)7-8-15(13)16-9-5-3-2-4-6-10-16/h7-8,11-12H,2-6,9-10H2,1H3. The van der Waals surface area contributed by atoms with Crippen molar-refractivity contribution in [3.63, 3.8) is 0 Å². The maximum Gasteiger partial charge on any atom is 0.150 e. The molecule has 1 fully saturated rings. The molecule has 2 heteroatoms. The second kappa shape index (κ2) is 5.85. The molecule has 17 heavy (non-hydrogen) atoms. The molecule has 0 bridgehead atoms. The lowest BCUT2D eigenvalue weighted by atomic mass is 10.1. The van der Waals surface area contributed by atoms with E-state index in [1.54, 1.807) is 0 Å². The average Bonchev–Trinajstić information content (AvgIpc) is 2.29. The second-order valence-electron chi connectivity index (χ2n) is 4.92. The largest absolute Gasteiger partial charge is 0.371 e. The fourth-order valence-electron chi connectivity index (χ4n) is 2.60. The van der Waals surface area contributed by atoms with Gasteiger partial charge in [-0.2, -0.15) is 0 Å². The topological polar surface area (TPSA) is 20.3 Å². The van der Waals surface area contributed by atoms with Crippen LogP contribution in [0.5, 0.6) is 0 Å². The Hall–Kier alpha value is -1.31. The molecule has 0 aromatic heterocycles. The summed E-state index contributed by atoms with van der Waals surface area (Å²) in [6, 6.07) is 6.01. The lowest BCUT2D eigenvalue weighted by Gasteiger charge is -2.28. The monoisotopic (exact) mass is 231 g/mol. The fraction of sp³-hybridized carbons (Fsp3) is 0.533. The van der Waals surface area contributed by atoms with E-state index >= 15 is 0 Å². The third-order valence-corrected chi connectivity index (χ3v) is 3.55. The number of carbonyl (C=O) groups is 1. The molecule has 1 saturated heterocycles. The Balaban J connectivity index is 2.16. The van der Waals surface area contributed by atoms with Crippen LogP contribution in [0.25, 0.3) is 0 Å². The van der Waals surface area contributed by atoms with Crippen LogP contribution in [0.4, 0.5) is 5.69 Å². The lowest BCUT2D eigenvalue weighted by Crippen LogP contribution is -2.27. The molecule has 0 atom stereocenters. The Kier molecular flexibility index (Phi) is 4.18. The molecule has 0 aliphatic carbocycles. The Labute approximate surface area is 104 Å². The first kappa shape index (κ1) is 12.2. The molecule has 1 aliphatic rings. The van der Waals surface area contributed by atoms with Crippen LogP contribution in [0.3, 0.4) is 0 Å². The summed E-state index contributed by atoms with van der Waals surface area (Å²) < 4.78 is 0. The number of nitrogens with zero attached hydrogens (tertiary/aromatic N) is 1. The van der Waals surface area contributed by atoms with Crippen molar-refractivity contribution in [3.8, 4) is 0 Å². The van der Waals surface area contributed by atoms with E-state index < -0.39 is 0 Å². The molecule has 1 aromatic carbocycles. The summed E-state index contributed by atoms with van der Waals surface area (Å²) in [7, 11) is 0. The molecule has 0 spiro atoms. The van der Waals surface area contributed by atoms with Crippen molar-refractivity contribution in [2.45, 2.75) is 39.0 Å². The zero-order valence-corrected chi connectivity index (χ0v) is 10.6. The van der Waals surface area contributed by atoms with Crippen molar-refractivity contribution >= 4 is 12.0 Å². The van der Waals surface area contributed by atoms with Crippen LogP contribution in [0.1, 0.15) is 48.0 Å². The highest BCUT2D eigenvalue weighted by Crippen LogP contribution is 2.23. The summed E-state index contributed by atoms with van der Waals surface area (Å²) in [5.41, 5.74) is 3.30. The minimum atomic E-state index is 0.776. The highest BCUT2D eigenvalue weighted by molar-refractivity contribution is 5.76. The van der Waals surface area contributed by atoms with Crippen molar-refractivity contribution in [2.75, 3.05) is 18.0 Å². The highest BCUT2D eigenvalue weighted by atomic mass is 16.1. The van der Waals surface area contributed by atoms with Crippen molar-refractivity contribution in [3.05, 3.63) is 29.3 Å². The van der Waals surface area contributed by atoms with Crippen LogP contribution in [0, 0.1) is 6.92 Å². The average molecular weight is 231 g/mol. The second-order valence-corrected chi connectivity index (χ2v) is 4.92. The number of hydrogen-bond donors (Lipinski definition) is 0. The molecule has 0 amide bonds.